The van der Waals surface area contributed by atoms with E-state index in [0.717, 1.165) is 5.39 Å². The van der Waals surface area contributed by atoms with Gasteiger partial charge in [-0.1, -0.05) is 30.3 Å². The van der Waals surface area contributed by atoms with Crippen LogP contribution in [0.2, 0.25) is 0 Å². The molecule has 0 bridgehead atoms. The maximum atomic E-state index is 12.3. The van der Waals surface area contributed by atoms with Crippen molar-refractivity contribution in [3.8, 4) is 11.4 Å². The highest BCUT2D eigenvalue weighted by molar-refractivity contribution is 6.10. The van der Waals surface area contributed by atoms with Crippen LogP contribution in [-0.4, -0.2) is 25.3 Å². The van der Waals surface area contributed by atoms with E-state index in [1.165, 1.54) is 17.5 Å². The number of hydrogen-bond acceptors (Lipinski definition) is 5. The number of ketones is 1. The van der Waals surface area contributed by atoms with Crippen LogP contribution in [0.5, 0.6) is 0 Å². The lowest BCUT2D eigenvalue weighted by Gasteiger charge is -2.10. The molecule has 2 aromatic heterocycles. The van der Waals surface area contributed by atoms with Crippen molar-refractivity contribution in [3.05, 3.63) is 69.9 Å². The van der Waals surface area contributed by atoms with Crippen LogP contribution >= 0.6 is 0 Å². The molecule has 128 valence electrons. The van der Waals surface area contributed by atoms with Crippen molar-refractivity contribution >= 4 is 27.9 Å². The molecule has 4 rings (SSSR count). The molecule has 0 aliphatic rings. The predicted molar refractivity (Wildman–Crippen MR) is 97.3 cm³/mol. The van der Waals surface area contributed by atoms with Crippen LogP contribution in [0.1, 0.15) is 23.0 Å². The second-order valence-corrected chi connectivity index (χ2v) is 6.00. The van der Waals surface area contributed by atoms with Gasteiger partial charge in [-0.25, -0.2) is 9.50 Å². The van der Waals surface area contributed by atoms with Gasteiger partial charge < -0.3 is 0 Å². The van der Waals surface area contributed by atoms with Crippen LogP contribution in [0.25, 0.3) is 27.8 Å². The van der Waals surface area contributed by atoms with Crippen LogP contribution in [0.3, 0.4) is 0 Å². The first-order valence-corrected chi connectivity index (χ1v) is 8.02. The summed E-state index contributed by atoms with van der Waals surface area (Å²) in [6, 6.07) is 13.8. The number of benzene rings is 2. The molecule has 26 heavy (non-hydrogen) atoms. The highest BCUT2D eigenvalue weighted by atomic mass is 16.6. The molecule has 0 unspecified atom stereocenters. The Balaban J connectivity index is 2.21. The number of fused-ring (bicyclic) bond motifs is 3. The van der Waals surface area contributed by atoms with E-state index in [1.54, 1.807) is 25.1 Å². The second-order valence-electron chi connectivity index (χ2n) is 6.00. The summed E-state index contributed by atoms with van der Waals surface area (Å²) < 4.78 is 1.54. The Kier molecular flexibility index (Phi) is 3.50. The van der Waals surface area contributed by atoms with Gasteiger partial charge in [0.15, 0.2) is 11.6 Å². The lowest BCUT2D eigenvalue weighted by molar-refractivity contribution is -0.384. The van der Waals surface area contributed by atoms with Crippen molar-refractivity contribution in [3.63, 3.8) is 0 Å². The maximum Gasteiger partial charge on any atom is 0.280 e. The summed E-state index contributed by atoms with van der Waals surface area (Å²) in [5, 5.41) is 16.8. The van der Waals surface area contributed by atoms with Crippen LogP contribution in [-0.2, 0) is 0 Å². The summed E-state index contributed by atoms with van der Waals surface area (Å²) in [6.07, 6.45) is 0. The number of aryl methyl sites for hydroxylation is 1. The highest BCUT2D eigenvalue weighted by Crippen LogP contribution is 2.33. The van der Waals surface area contributed by atoms with E-state index < -0.39 is 4.92 Å². The minimum absolute atomic E-state index is 0.0594. The molecule has 0 N–H and O–H groups in total. The molecule has 0 spiro atoms. The Labute approximate surface area is 148 Å². The number of carbonyl (C=O) groups excluding carboxylic acids is 1. The van der Waals surface area contributed by atoms with Crippen LogP contribution in [0.4, 0.5) is 5.69 Å². The normalized spacial score (nSPS) is 11.2. The zero-order chi connectivity index (χ0) is 18.4. The number of aromatic nitrogens is 3. The molecule has 0 radical (unpaired) electrons. The van der Waals surface area contributed by atoms with E-state index in [2.05, 4.69) is 10.1 Å². The van der Waals surface area contributed by atoms with Crippen molar-refractivity contribution in [2.24, 2.45) is 0 Å². The molecular formula is C19H14N4O3. The summed E-state index contributed by atoms with van der Waals surface area (Å²) in [4.78, 5) is 27.8. The first kappa shape index (κ1) is 15.9. The molecule has 0 aliphatic heterocycles. The van der Waals surface area contributed by atoms with Gasteiger partial charge in [0.05, 0.1) is 32.8 Å². The van der Waals surface area contributed by atoms with Gasteiger partial charge in [-0.05, 0) is 26.0 Å². The Morgan fingerprint density at radius 2 is 1.81 bits per heavy atom. The van der Waals surface area contributed by atoms with Crippen molar-refractivity contribution < 1.29 is 9.72 Å². The Morgan fingerprint density at radius 3 is 2.54 bits per heavy atom. The largest absolute Gasteiger partial charge is 0.294 e. The molecule has 0 saturated heterocycles. The van der Waals surface area contributed by atoms with E-state index in [1.807, 2.05) is 24.3 Å². The SMILES string of the molecule is CC(=O)c1c(C)nc(-c2ccccc2[N+](=O)[O-])n2nc3ccccc3c12. The summed E-state index contributed by atoms with van der Waals surface area (Å²) in [6.45, 7) is 3.22. The Morgan fingerprint density at radius 1 is 1.12 bits per heavy atom. The zero-order valence-corrected chi connectivity index (χ0v) is 14.1. The number of nitrogens with zero attached hydrogens (tertiary/aromatic N) is 4. The van der Waals surface area contributed by atoms with Crippen LogP contribution in [0, 0.1) is 17.0 Å². The lowest BCUT2D eigenvalue weighted by atomic mass is 10.1. The van der Waals surface area contributed by atoms with Gasteiger partial charge in [-0.15, -0.1) is 0 Å². The van der Waals surface area contributed by atoms with E-state index in [-0.39, 0.29) is 11.5 Å². The molecule has 0 fully saturated rings. The van der Waals surface area contributed by atoms with Crippen molar-refractivity contribution in [2.45, 2.75) is 13.8 Å². The predicted octanol–water partition coefficient (Wildman–Crippen LogP) is 3.97. The van der Waals surface area contributed by atoms with Crippen LogP contribution < -0.4 is 0 Å². The molecule has 7 nitrogen and oxygen atoms in total. The van der Waals surface area contributed by atoms with Gasteiger partial charge in [-0.3, -0.25) is 14.9 Å². The fourth-order valence-electron chi connectivity index (χ4n) is 3.28. The summed E-state index contributed by atoms with van der Waals surface area (Å²) in [5.74, 6) is 0.214. The Hall–Kier alpha value is -3.61. The van der Waals surface area contributed by atoms with Crippen LogP contribution in [0.15, 0.2) is 48.5 Å². The van der Waals surface area contributed by atoms with Gasteiger partial charge in [0, 0.05) is 11.5 Å². The summed E-state index contributed by atoms with van der Waals surface area (Å²) in [5.41, 5.74) is 2.60. The Bertz CT molecular complexity index is 1210. The molecule has 0 saturated carbocycles. The number of nitro benzene ring substituents is 1. The molecule has 4 aromatic rings. The number of Topliss-reactive ketones (excluding diaryl/α,β-unsaturated/α-hetero) is 1. The summed E-state index contributed by atoms with van der Waals surface area (Å²) in [7, 11) is 0. The fraction of sp³-hybridized carbons (Fsp3) is 0.105. The second kappa shape index (κ2) is 5.73. The van der Waals surface area contributed by atoms with Gasteiger partial charge in [0.2, 0.25) is 0 Å². The molecule has 7 heteroatoms. The fourth-order valence-corrected chi connectivity index (χ4v) is 3.28. The van der Waals surface area contributed by atoms with E-state index >= 15 is 0 Å². The van der Waals surface area contributed by atoms with Crippen molar-refractivity contribution in [1.29, 1.82) is 0 Å². The molecule has 2 heterocycles. The monoisotopic (exact) mass is 346 g/mol. The first-order chi connectivity index (χ1) is 12.5. The van der Waals surface area contributed by atoms with E-state index in [0.29, 0.717) is 33.7 Å². The van der Waals surface area contributed by atoms with Crippen molar-refractivity contribution in [2.75, 3.05) is 0 Å². The van der Waals surface area contributed by atoms with Gasteiger partial charge in [-0.2, -0.15) is 5.10 Å². The third kappa shape index (κ3) is 2.25. The topological polar surface area (TPSA) is 90.4 Å². The third-order valence-corrected chi connectivity index (χ3v) is 4.35. The summed E-state index contributed by atoms with van der Waals surface area (Å²) >= 11 is 0. The smallest absolute Gasteiger partial charge is 0.280 e. The van der Waals surface area contributed by atoms with Crippen molar-refractivity contribution in [1.82, 2.24) is 14.6 Å². The van der Waals surface area contributed by atoms with Gasteiger partial charge >= 0.3 is 0 Å². The number of carbonyl (C=O) groups is 1. The molecule has 0 amide bonds. The van der Waals surface area contributed by atoms with E-state index in [9.17, 15) is 14.9 Å². The zero-order valence-electron chi connectivity index (χ0n) is 14.1. The number of hydrogen-bond donors (Lipinski definition) is 0. The molecular weight excluding hydrogens is 332 g/mol. The third-order valence-electron chi connectivity index (χ3n) is 4.35. The number of rotatable bonds is 3. The first-order valence-electron chi connectivity index (χ1n) is 8.02. The average molecular weight is 346 g/mol. The molecule has 0 atom stereocenters. The molecule has 2 aromatic carbocycles. The molecule has 0 aliphatic carbocycles. The quantitative estimate of drug-likeness (QED) is 0.318. The minimum atomic E-state index is -0.444. The van der Waals surface area contributed by atoms with E-state index in [4.69, 9.17) is 0 Å². The minimum Gasteiger partial charge on any atom is -0.294 e. The standard InChI is InChI=1S/C19H14N4O3/c1-11-17(12(2)24)18-13-7-3-5-9-15(13)21-22(18)19(20-11)14-8-4-6-10-16(14)23(25)26/h3-10H,1-2H3. The lowest BCUT2D eigenvalue weighted by Crippen LogP contribution is -2.08. The van der Waals surface area contributed by atoms with Gasteiger partial charge in [0.25, 0.3) is 5.69 Å². The number of para-hydroxylation sites is 1. The highest BCUT2D eigenvalue weighted by Gasteiger charge is 2.24. The van der Waals surface area contributed by atoms with Gasteiger partial charge in [0.1, 0.15) is 0 Å². The average Bonchev–Trinajstić information content (AvgIpc) is 3.00. The maximum absolute atomic E-state index is 12.3. The number of nitro groups is 1.